The van der Waals surface area contributed by atoms with Crippen LogP contribution in [-0.2, 0) is 15.6 Å². The zero-order valence-electron chi connectivity index (χ0n) is 20.2. The Morgan fingerprint density at radius 3 is 2.07 bits per heavy atom. The van der Waals surface area contributed by atoms with E-state index in [1.165, 1.54) is 5.56 Å². The Hall–Kier alpha value is -1.55. The number of benzene rings is 1. The Bertz CT molecular complexity index is 711. The monoisotopic (exact) mass is 430 g/mol. The van der Waals surface area contributed by atoms with Crippen molar-refractivity contribution in [1.82, 2.24) is 0 Å². The lowest BCUT2D eigenvalue weighted by atomic mass is 9.74. The summed E-state index contributed by atoms with van der Waals surface area (Å²) in [5.74, 6) is 2.23. The molecule has 0 heterocycles. The average molecular weight is 431 g/mol. The molecule has 0 aromatic heterocycles. The van der Waals surface area contributed by atoms with Crippen LogP contribution in [0.25, 0.3) is 0 Å². The summed E-state index contributed by atoms with van der Waals surface area (Å²) in [5, 5.41) is 9.66. The number of Topliss-reactive ketones (excluding diaryl/α,β-unsaturated/α-hetero) is 1. The van der Waals surface area contributed by atoms with E-state index in [1.807, 2.05) is 19.1 Å². The molecule has 3 atom stereocenters. The molecule has 0 radical (unpaired) electrons. The molecule has 0 spiro atoms. The van der Waals surface area contributed by atoms with Gasteiger partial charge in [0.15, 0.2) is 0 Å². The summed E-state index contributed by atoms with van der Waals surface area (Å²) in [4.78, 5) is 12.6. The summed E-state index contributed by atoms with van der Waals surface area (Å²) < 4.78 is 7.14. The summed E-state index contributed by atoms with van der Waals surface area (Å²) in [6, 6.07) is 7.46. The normalized spacial score (nSPS) is 22.5. The topological polar surface area (TPSA) is 46.5 Å². The highest BCUT2D eigenvalue weighted by molar-refractivity contribution is 6.77. The van der Waals surface area contributed by atoms with Gasteiger partial charge in [-0.05, 0) is 59.2 Å². The maximum absolute atomic E-state index is 12.6. The van der Waals surface area contributed by atoms with Crippen LogP contribution in [0, 0.1) is 17.8 Å². The lowest BCUT2D eigenvalue weighted by Gasteiger charge is -2.46. The van der Waals surface area contributed by atoms with Crippen molar-refractivity contribution in [2.75, 3.05) is 0 Å². The van der Waals surface area contributed by atoms with Crippen molar-refractivity contribution >= 4 is 14.1 Å². The quantitative estimate of drug-likeness (QED) is 0.419. The molecule has 1 aliphatic carbocycles. The number of carbonyl (C=O) groups excluding carboxylic acids is 1. The fraction of sp³-hybridized carbons (Fsp3) is 0.654. The molecule has 1 N–H and O–H groups in total. The van der Waals surface area contributed by atoms with Gasteiger partial charge in [-0.3, -0.25) is 4.79 Å². The first-order valence-electron chi connectivity index (χ1n) is 11.7. The molecule has 3 nitrogen and oxygen atoms in total. The molecule has 0 unspecified atom stereocenters. The molecule has 2 rings (SSSR count). The molecular formula is C26H42O3Si. The highest BCUT2D eigenvalue weighted by atomic mass is 28.4. The van der Waals surface area contributed by atoms with Crippen molar-refractivity contribution in [1.29, 1.82) is 0 Å². The van der Waals surface area contributed by atoms with Gasteiger partial charge in [0.2, 0.25) is 0 Å². The van der Waals surface area contributed by atoms with Crippen molar-refractivity contribution in [2.24, 2.45) is 17.8 Å². The number of carbonyl (C=O) groups is 1. The number of rotatable bonds is 9. The van der Waals surface area contributed by atoms with Crippen LogP contribution >= 0.6 is 0 Å². The minimum atomic E-state index is -2.06. The third kappa shape index (κ3) is 5.19. The summed E-state index contributed by atoms with van der Waals surface area (Å²) in [7, 11) is -2.06. The molecule has 0 aliphatic heterocycles. The predicted molar refractivity (Wildman–Crippen MR) is 128 cm³/mol. The molecule has 30 heavy (non-hydrogen) atoms. The molecule has 0 bridgehead atoms. The number of hydrogen-bond acceptors (Lipinski definition) is 3. The fourth-order valence-corrected chi connectivity index (χ4v) is 11.0. The van der Waals surface area contributed by atoms with Gasteiger partial charge in [0, 0.05) is 18.3 Å². The van der Waals surface area contributed by atoms with Crippen molar-refractivity contribution in [3.05, 3.63) is 41.7 Å². The van der Waals surface area contributed by atoms with Gasteiger partial charge < -0.3 is 9.53 Å². The predicted octanol–water partition coefficient (Wildman–Crippen LogP) is 7.26. The molecule has 1 aromatic rings. The number of hydrogen-bond donors (Lipinski definition) is 1. The summed E-state index contributed by atoms with van der Waals surface area (Å²) in [6.07, 6.45) is 4.54. The minimum absolute atomic E-state index is 0.0673. The van der Waals surface area contributed by atoms with E-state index in [4.69, 9.17) is 4.43 Å². The standard InChI is InChI=1S/C26H42O3Si/c1-9-25(28)24-16-22(15-21-10-12-23(27)13-11-21)26(14-20(24)8)29-30(17(2)3,18(4)5)19(6)7/h10-14,17-20,22,24,27H,9,15-16H2,1-8H3/t20-,22-,24+/m0/s1. The Balaban J connectivity index is 2.44. The van der Waals surface area contributed by atoms with Crippen molar-refractivity contribution in [2.45, 2.75) is 91.3 Å². The number of phenolic OH excluding ortho intramolecular Hbond substituents is 1. The van der Waals surface area contributed by atoms with Gasteiger partial charge in [0.1, 0.15) is 11.5 Å². The van der Waals surface area contributed by atoms with E-state index >= 15 is 0 Å². The highest BCUT2D eigenvalue weighted by Crippen LogP contribution is 2.47. The van der Waals surface area contributed by atoms with Crippen molar-refractivity contribution in [3.63, 3.8) is 0 Å². The highest BCUT2D eigenvalue weighted by Gasteiger charge is 2.48. The SMILES string of the molecule is CCC(=O)[C@@H]1C[C@H](Cc2ccc(O)cc2)C(O[Si](C(C)C)(C(C)C)C(C)C)=C[C@@H]1C. The van der Waals surface area contributed by atoms with Crippen LogP contribution in [0.4, 0.5) is 0 Å². The van der Waals surface area contributed by atoms with Crippen molar-refractivity contribution < 1.29 is 14.3 Å². The van der Waals surface area contributed by atoms with Crippen LogP contribution in [0.1, 0.15) is 73.8 Å². The molecular weight excluding hydrogens is 388 g/mol. The first-order chi connectivity index (χ1) is 14.0. The van der Waals surface area contributed by atoms with E-state index in [-0.39, 0.29) is 23.5 Å². The van der Waals surface area contributed by atoms with E-state index in [0.29, 0.717) is 28.8 Å². The van der Waals surface area contributed by atoms with E-state index < -0.39 is 8.32 Å². The number of phenols is 1. The molecule has 1 aliphatic rings. The summed E-state index contributed by atoms with van der Waals surface area (Å²) in [6.45, 7) is 18.0. The van der Waals surface area contributed by atoms with E-state index in [2.05, 4.69) is 54.5 Å². The van der Waals surface area contributed by atoms with E-state index in [1.54, 1.807) is 12.1 Å². The van der Waals surface area contributed by atoms with Gasteiger partial charge in [-0.1, -0.05) is 67.5 Å². The zero-order valence-corrected chi connectivity index (χ0v) is 21.2. The minimum Gasteiger partial charge on any atom is -0.546 e. The zero-order chi connectivity index (χ0) is 22.6. The van der Waals surface area contributed by atoms with E-state index in [9.17, 15) is 9.90 Å². The summed E-state index contributed by atoms with van der Waals surface area (Å²) >= 11 is 0. The van der Waals surface area contributed by atoms with Gasteiger partial charge in [-0.15, -0.1) is 0 Å². The second-order valence-electron chi connectivity index (χ2n) is 10.1. The van der Waals surface area contributed by atoms with Crippen LogP contribution in [0.2, 0.25) is 16.6 Å². The molecule has 0 amide bonds. The molecule has 0 saturated heterocycles. The molecule has 168 valence electrons. The third-order valence-electron chi connectivity index (χ3n) is 7.18. The number of ketones is 1. The van der Waals surface area contributed by atoms with Gasteiger partial charge in [0.25, 0.3) is 8.32 Å². The van der Waals surface area contributed by atoms with E-state index in [0.717, 1.165) is 18.6 Å². The first kappa shape index (κ1) is 24.7. The van der Waals surface area contributed by atoms with Crippen molar-refractivity contribution in [3.8, 4) is 5.75 Å². The lowest BCUT2D eigenvalue weighted by molar-refractivity contribution is -0.124. The van der Waals surface area contributed by atoms with Gasteiger partial charge >= 0.3 is 0 Å². The largest absolute Gasteiger partial charge is 0.546 e. The van der Waals surface area contributed by atoms with Crippen LogP contribution in [0.5, 0.6) is 5.75 Å². The van der Waals surface area contributed by atoms with Crippen LogP contribution < -0.4 is 0 Å². The smallest absolute Gasteiger partial charge is 0.258 e. The number of aromatic hydroxyl groups is 1. The molecule has 0 fully saturated rings. The van der Waals surface area contributed by atoms with Crippen LogP contribution in [-0.4, -0.2) is 19.2 Å². The Kier molecular flexibility index (Phi) is 8.38. The average Bonchev–Trinajstić information content (AvgIpc) is 2.67. The van der Waals surface area contributed by atoms with Gasteiger partial charge in [0.05, 0.1) is 5.76 Å². The molecule has 1 aromatic carbocycles. The maximum atomic E-state index is 12.6. The molecule has 4 heteroatoms. The summed E-state index contributed by atoms with van der Waals surface area (Å²) in [5.41, 5.74) is 2.71. The van der Waals surface area contributed by atoms with Gasteiger partial charge in [-0.2, -0.15) is 0 Å². The third-order valence-corrected chi connectivity index (χ3v) is 13.2. The Labute approximate surface area is 185 Å². The fourth-order valence-electron chi connectivity index (χ4n) is 5.61. The lowest BCUT2D eigenvalue weighted by Crippen LogP contribution is -2.48. The maximum Gasteiger partial charge on any atom is 0.258 e. The second-order valence-corrected chi connectivity index (χ2v) is 15.5. The van der Waals surface area contributed by atoms with Gasteiger partial charge in [-0.25, -0.2) is 0 Å². The van der Waals surface area contributed by atoms with Crippen LogP contribution in [0.15, 0.2) is 36.1 Å². The number of allylic oxidation sites excluding steroid dienone is 2. The first-order valence-corrected chi connectivity index (χ1v) is 13.9. The molecule has 0 saturated carbocycles. The second kappa shape index (κ2) is 10.2. The Morgan fingerprint density at radius 1 is 1.07 bits per heavy atom. The van der Waals surface area contributed by atoms with Crippen LogP contribution in [0.3, 0.4) is 0 Å². The Morgan fingerprint density at radius 2 is 1.60 bits per heavy atom.